The zero-order chi connectivity index (χ0) is 25.0. The number of nitrogens with zero attached hydrogens (tertiary/aromatic N) is 1. The molecule has 0 saturated heterocycles. The van der Waals surface area contributed by atoms with Crippen LogP contribution in [0.3, 0.4) is 0 Å². The Kier molecular flexibility index (Phi) is 11.7. The van der Waals surface area contributed by atoms with E-state index in [0.717, 1.165) is 11.1 Å². The van der Waals surface area contributed by atoms with Crippen molar-refractivity contribution < 1.29 is 28.7 Å². The number of carbonyl (C=O) groups excluding carboxylic acids is 1. The second-order valence-electron chi connectivity index (χ2n) is 7.12. The third kappa shape index (κ3) is 7.73. The van der Waals surface area contributed by atoms with Crippen LogP contribution in [-0.2, 0) is 18.0 Å². The number of ether oxygens (including phenoxy) is 3. The van der Waals surface area contributed by atoms with Crippen LogP contribution in [-0.4, -0.2) is 22.9 Å². The number of hydrogen-bond acceptors (Lipinski definition) is 8. The molecule has 0 unspecified atom stereocenters. The number of aromatic nitrogens is 1. The number of carbonyl (C=O) groups is 1. The van der Waals surface area contributed by atoms with E-state index in [0.29, 0.717) is 41.1 Å². The van der Waals surface area contributed by atoms with Crippen LogP contribution in [0.2, 0.25) is 5.02 Å². The largest absolute Gasteiger partial charge is 0.488 e. The number of esters is 1. The van der Waals surface area contributed by atoms with Gasteiger partial charge < -0.3 is 23.9 Å². The molecule has 3 aromatic carbocycles. The Bertz CT molecular complexity index is 1220. The van der Waals surface area contributed by atoms with E-state index < -0.39 is 5.97 Å². The van der Waals surface area contributed by atoms with E-state index in [-0.39, 0.29) is 24.7 Å². The molecule has 4 rings (SSSR count). The lowest BCUT2D eigenvalue weighted by atomic mass is 10.1. The van der Waals surface area contributed by atoms with Gasteiger partial charge in [-0.25, -0.2) is 10.7 Å². The molecule has 0 amide bonds. The maximum absolute atomic E-state index is 12.0. The molecule has 0 aliphatic rings. The lowest BCUT2D eigenvalue weighted by Crippen LogP contribution is -2.04. The summed E-state index contributed by atoms with van der Waals surface area (Å²) in [5.41, 5.74) is 2.63. The minimum atomic E-state index is -0.562. The summed E-state index contributed by atoms with van der Waals surface area (Å²) in [5, 5.41) is 10.7. The predicted molar refractivity (Wildman–Crippen MR) is 138 cm³/mol. The summed E-state index contributed by atoms with van der Waals surface area (Å²) in [6.07, 6.45) is 0. The topological polar surface area (TPSA) is 117 Å². The molecular formula is C26H26Cl2N2O6. The Labute approximate surface area is 219 Å². The highest BCUT2D eigenvalue weighted by Crippen LogP contribution is 2.39. The van der Waals surface area contributed by atoms with Gasteiger partial charge in [0.05, 0.1) is 17.2 Å². The van der Waals surface area contributed by atoms with E-state index in [1.165, 1.54) is 6.07 Å². The predicted octanol–water partition coefficient (Wildman–Crippen LogP) is 6.09. The monoisotopic (exact) mass is 532 g/mol. The van der Waals surface area contributed by atoms with Crippen LogP contribution in [0.15, 0.2) is 83.4 Å². The lowest BCUT2D eigenvalue weighted by Gasteiger charge is -2.14. The molecular weight excluding hydrogens is 507 g/mol. The third-order valence-corrected chi connectivity index (χ3v) is 5.06. The van der Waals surface area contributed by atoms with Crippen LogP contribution < -0.4 is 15.4 Å². The van der Waals surface area contributed by atoms with Gasteiger partial charge in [0.25, 0.3) is 0 Å². The number of rotatable bonds is 9. The molecule has 0 bridgehead atoms. The summed E-state index contributed by atoms with van der Waals surface area (Å²) >= 11 is 6.52. The maximum Gasteiger partial charge on any atom is 0.360 e. The molecule has 0 fully saturated rings. The van der Waals surface area contributed by atoms with Crippen LogP contribution >= 0.6 is 24.0 Å². The second kappa shape index (κ2) is 14.8. The number of halogens is 2. The van der Waals surface area contributed by atoms with Gasteiger partial charge in [0, 0.05) is 12.1 Å². The Hall–Kier alpha value is -3.56. The molecule has 0 aliphatic carbocycles. The molecule has 8 nitrogen and oxygen atoms in total. The van der Waals surface area contributed by atoms with Crippen molar-refractivity contribution in [2.24, 2.45) is 5.90 Å². The highest BCUT2D eigenvalue weighted by molar-refractivity contribution is 6.32. The number of nitrogens with two attached hydrogens (primary N) is 1. The van der Waals surface area contributed by atoms with Crippen molar-refractivity contribution in [2.75, 3.05) is 6.61 Å². The normalized spacial score (nSPS) is 9.89. The Balaban J connectivity index is 0.00000148. The van der Waals surface area contributed by atoms with E-state index in [1.807, 2.05) is 60.7 Å². The SMILES string of the molecule is CCOC(=O)c1cc(-c2cc(Cl)c(OCc3ccccc3)cc2OCc2ccccc2)on1.Cl.NO. The fourth-order valence-corrected chi connectivity index (χ4v) is 3.35. The zero-order valence-corrected chi connectivity index (χ0v) is 21.0. The highest BCUT2D eigenvalue weighted by Gasteiger charge is 2.20. The molecule has 10 heteroatoms. The summed E-state index contributed by atoms with van der Waals surface area (Å²) in [5.74, 6) is 4.22. The fraction of sp³-hybridized carbons (Fsp3) is 0.154. The summed E-state index contributed by atoms with van der Waals surface area (Å²) in [6, 6.07) is 24.5. The first-order valence-corrected chi connectivity index (χ1v) is 11.1. The van der Waals surface area contributed by atoms with E-state index in [1.54, 1.807) is 19.1 Å². The Morgan fingerprint density at radius 1 is 0.917 bits per heavy atom. The number of benzene rings is 3. The Morgan fingerprint density at radius 3 is 2.03 bits per heavy atom. The Morgan fingerprint density at radius 2 is 1.47 bits per heavy atom. The smallest absolute Gasteiger partial charge is 0.360 e. The molecule has 0 spiro atoms. The summed E-state index contributed by atoms with van der Waals surface area (Å²) in [6.45, 7) is 2.65. The molecule has 0 radical (unpaired) electrons. The van der Waals surface area contributed by atoms with Crippen LogP contribution in [0.4, 0.5) is 0 Å². The fourth-order valence-electron chi connectivity index (χ4n) is 3.13. The van der Waals surface area contributed by atoms with Crippen LogP contribution in [0, 0.1) is 0 Å². The van der Waals surface area contributed by atoms with Gasteiger partial charge in [-0.05, 0) is 24.1 Å². The van der Waals surface area contributed by atoms with Crippen LogP contribution in [0.1, 0.15) is 28.5 Å². The molecule has 3 N–H and O–H groups in total. The van der Waals surface area contributed by atoms with Crippen LogP contribution in [0.5, 0.6) is 11.5 Å². The molecule has 1 heterocycles. The molecule has 4 aromatic rings. The minimum Gasteiger partial charge on any atom is -0.488 e. The van der Waals surface area contributed by atoms with E-state index >= 15 is 0 Å². The van der Waals surface area contributed by atoms with Crippen molar-refractivity contribution in [3.8, 4) is 22.8 Å². The first-order chi connectivity index (χ1) is 17.1. The standard InChI is InChI=1S/C26H22ClNO5.ClH.H3NO/c1-2-30-26(29)22-14-24(33-28-22)20-13-21(27)25(32-17-19-11-7-4-8-12-19)15-23(20)31-16-18-9-5-3-6-10-18;;1-2/h3-15H,2,16-17H2,1H3;1H;2H,1H2. The summed E-state index contributed by atoms with van der Waals surface area (Å²) < 4.78 is 22.4. The van der Waals surface area contributed by atoms with E-state index in [2.05, 4.69) is 11.1 Å². The molecule has 0 atom stereocenters. The quantitative estimate of drug-likeness (QED) is 0.196. The summed E-state index contributed by atoms with van der Waals surface area (Å²) in [4.78, 5) is 12.0. The lowest BCUT2D eigenvalue weighted by molar-refractivity contribution is 0.0514. The maximum atomic E-state index is 12.0. The van der Waals surface area contributed by atoms with Gasteiger partial charge in [-0.2, -0.15) is 0 Å². The van der Waals surface area contributed by atoms with Crippen molar-refractivity contribution >= 4 is 30.0 Å². The molecule has 36 heavy (non-hydrogen) atoms. The third-order valence-electron chi connectivity index (χ3n) is 4.77. The van der Waals surface area contributed by atoms with Crippen molar-refractivity contribution in [1.82, 2.24) is 5.16 Å². The van der Waals surface area contributed by atoms with Gasteiger partial charge in [-0.1, -0.05) is 77.4 Å². The van der Waals surface area contributed by atoms with Crippen molar-refractivity contribution in [2.45, 2.75) is 20.1 Å². The van der Waals surface area contributed by atoms with Crippen LogP contribution in [0.25, 0.3) is 11.3 Å². The molecule has 0 aliphatic heterocycles. The zero-order valence-electron chi connectivity index (χ0n) is 19.4. The van der Waals surface area contributed by atoms with Crippen molar-refractivity contribution in [1.29, 1.82) is 0 Å². The van der Waals surface area contributed by atoms with Crippen molar-refractivity contribution in [3.05, 3.63) is 101 Å². The van der Waals surface area contributed by atoms with Crippen molar-refractivity contribution in [3.63, 3.8) is 0 Å². The average molecular weight is 533 g/mol. The molecule has 0 saturated carbocycles. The van der Waals surface area contributed by atoms with Gasteiger partial charge in [0.15, 0.2) is 11.5 Å². The second-order valence-corrected chi connectivity index (χ2v) is 7.53. The minimum absolute atomic E-state index is 0. The number of hydrogen-bond donors (Lipinski definition) is 2. The van der Waals surface area contributed by atoms with E-state index in [9.17, 15) is 4.79 Å². The first-order valence-electron chi connectivity index (χ1n) is 10.7. The van der Waals surface area contributed by atoms with E-state index in [4.69, 9.17) is 35.5 Å². The van der Waals surface area contributed by atoms with Gasteiger partial charge >= 0.3 is 5.97 Å². The van der Waals surface area contributed by atoms with Gasteiger partial charge in [0.1, 0.15) is 24.7 Å². The highest BCUT2D eigenvalue weighted by atomic mass is 35.5. The summed E-state index contributed by atoms with van der Waals surface area (Å²) in [7, 11) is 0. The van der Waals surface area contributed by atoms with Gasteiger partial charge in [0.2, 0.25) is 0 Å². The molecule has 1 aromatic heterocycles. The first kappa shape index (κ1) is 28.7. The van der Waals surface area contributed by atoms with Gasteiger partial charge in [-0.15, -0.1) is 12.4 Å². The van der Waals surface area contributed by atoms with Gasteiger partial charge in [-0.3, -0.25) is 0 Å². The average Bonchev–Trinajstić information content (AvgIpc) is 3.40. The molecule has 190 valence electrons.